The smallest absolute Gasteiger partial charge is 0.381 e. The highest BCUT2D eigenvalue weighted by Gasteiger charge is 2.13. The number of hydrogen-bond acceptors (Lipinski definition) is 8. The van der Waals surface area contributed by atoms with Gasteiger partial charge < -0.3 is 24.1 Å². The number of hydrogen-bond donors (Lipinski definition) is 3. The molecule has 4 aromatic rings. The lowest BCUT2D eigenvalue weighted by molar-refractivity contribution is 0.474. The van der Waals surface area contributed by atoms with Crippen molar-refractivity contribution in [1.82, 2.24) is 0 Å². The summed E-state index contributed by atoms with van der Waals surface area (Å²) in [6.45, 7) is 0. The molecule has 0 aromatic heterocycles. The first-order chi connectivity index (χ1) is 16.1. The fraction of sp³-hybridized carbons (Fsp3) is 0. The molecule has 0 amide bonds. The van der Waals surface area contributed by atoms with Crippen molar-refractivity contribution in [3.8, 4) is 45.3 Å². The van der Waals surface area contributed by atoms with Crippen molar-refractivity contribution in [2.24, 2.45) is 0 Å². The maximum Gasteiger partial charge on any atom is 0.381 e. The van der Waals surface area contributed by atoms with Gasteiger partial charge in [0, 0.05) is 0 Å². The molecule has 8 nitrogen and oxygen atoms in total. The average molecular weight is 500 g/mol. The first-order valence-corrected chi connectivity index (χ1v) is 12.7. The van der Waals surface area contributed by atoms with E-state index in [0.29, 0.717) is 0 Å². The van der Waals surface area contributed by atoms with Crippen LogP contribution in [-0.2, 0) is 19.3 Å². The van der Waals surface area contributed by atoms with Crippen molar-refractivity contribution < 1.29 is 36.7 Å². The molecule has 0 aliphatic rings. The minimum absolute atomic E-state index is 0.100. The highest BCUT2D eigenvalue weighted by molar-refractivity contribution is 8.60. The first-order valence-electron chi connectivity index (χ1n) is 9.66. The van der Waals surface area contributed by atoms with Gasteiger partial charge in [0.05, 0.1) is 0 Å². The predicted molar refractivity (Wildman–Crippen MR) is 127 cm³/mol. The van der Waals surface area contributed by atoms with Crippen molar-refractivity contribution in [2.75, 3.05) is 0 Å². The van der Waals surface area contributed by atoms with E-state index in [1.54, 1.807) is 48.5 Å². The summed E-state index contributed by atoms with van der Waals surface area (Å²) in [5.41, 5.74) is 3.60. The van der Waals surface area contributed by atoms with Crippen LogP contribution in [0, 0.1) is 0 Å². The molecule has 0 aliphatic carbocycles. The summed E-state index contributed by atoms with van der Waals surface area (Å²) in [6, 6.07) is 26.1. The predicted octanol–water partition coefficient (Wildman–Crippen LogP) is 4.33. The van der Waals surface area contributed by atoms with Crippen LogP contribution in [0.4, 0.5) is 0 Å². The van der Waals surface area contributed by atoms with Crippen molar-refractivity contribution in [1.29, 1.82) is 0 Å². The van der Waals surface area contributed by atoms with E-state index >= 15 is 0 Å². The third-order valence-corrected chi connectivity index (χ3v) is 6.42. The highest BCUT2D eigenvalue weighted by atomic mass is 33.2. The lowest BCUT2D eigenvalue weighted by Crippen LogP contribution is -2.14. The molecule has 0 bridgehead atoms. The van der Waals surface area contributed by atoms with E-state index in [9.17, 15) is 22.3 Å². The monoisotopic (exact) mass is 499 g/mol. The molecule has 0 saturated carbocycles. The van der Waals surface area contributed by atoms with Gasteiger partial charge in [0.15, 0.2) is 0 Å². The van der Waals surface area contributed by atoms with Crippen LogP contribution < -0.4 is 4.18 Å². The molecule has 0 radical (unpaired) electrons. The topological polar surface area (TPSA) is 144 Å². The van der Waals surface area contributed by atoms with Crippen molar-refractivity contribution in [2.45, 2.75) is 0 Å². The third kappa shape index (κ3) is 6.82. The zero-order valence-electron chi connectivity index (χ0n) is 17.4. The van der Waals surface area contributed by atoms with E-state index in [1.807, 2.05) is 24.3 Å². The lowest BCUT2D eigenvalue weighted by atomic mass is 10.1. The standard InChI is InChI=1S/C12H10O6S2.C12H10O2/c13-11-5-1-9(2-6-11)10-3-7-12(8-4-10)18-20(16,17)19(14)15;13-11-5-1-9(2-6-11)10-3-7-12(14)8-4-10/h1-8,13H,(H,14,15);1-8,13-14H/p-1. The number of phenolic OH excluding ortho intramolecular Hbond substituents is 3. The van der Waals surface area contributed by atoms with Gasteiger partial charge in [0.25, 0.3) is 0 Å². The molecule has 1 atom stereocenters. The molecular formula is C24H19O8S2-. The summed E-state index contributed by atoms with van der Waals surface area (Å²) in [6.07, 6.45) is 0. The molecule has 4 rings (SSSR count). The maximum absolute atomic E-state index is 11.0. The van der Waals surface area contributed by atoms with Crippen LogP contribution in [0.1, 0.15) is 0 Å². The van der Waals surface area contributed by atoms with Crippen LogP contribution in [0.5, 0.6) is 23.0 Å². The SMILES string of the molecule is O=S([O-])S(=O)(=O)Oc1ccc(-c2ccc(O)cc2)cc1.Oc1ccc(-c2ccc(O)cc2)cc1. The molecule has 10 heteroatoms. The highest BCUT2D eigenvalue weighted by Crippen LogP contribution is 2.25. The van der Waals surface area contributed by atoms with E-state index in [2.05, 4.69) is 4.18 Å². The summed E-state index contributed by atoms with van der Waals surface area (Å²) in [5.74, 6) is 0.550. The van der Waals surface area contributed by atoms with Gasteiger partial charge >= 0.3 is 9.15 Å². The Kier molecular flexibility index (Phi) is 7.90. The quantitative estimate of drug-likeness (QED) is 0.272. The summed E-state index contributed by atoms with van der Waals surface area (Å²) < 4.78 is 47.3. The Morgan fingerprint density at radius 2 is 0.824 bits per heavy atom. The Labute approximate surface area is 198 Å². The van der Waals surface area contributed by atoms with Gasteiger partial charge in [0.1, 0.15) is 33.1 Å². The molecule has 176 valence electrons. The molecule has 0 fully saturated rings. The van der Waals surface area contributed by atoms with Crippen LogP contribution in [0.2, 0.25) is 0 Å². The van der Waals surface area contributed by atoms with Gasteiger partial charge in [-0.1, -0.05) is 48.5 Å². The molecule has 34 heavy (non-hydrogen) atoms. The molecule has 0 heterocycles. The van der Waals surface area contributed by atoms with E-state index in [0.717, 1.165) is 22.3 Å². The lowest BCUT2D eigenvalue weighted by Gasteiger charge is -2.09. The maximum atomic E-state index is 11.0. The van der Waals surface area contributed by atoms with E-state index in [4.69, 9.17) is 10.2 Å². The van der Waals surface area contributed by atoms with Crippen molar-refractivity contribution in [3.63, 3.8) is 0 Å². The van der Waals surface area contributed by atoms with Crippen LogP contribution >= 0.6 is 0 Å². The van der Waals surface area contributed by atoms with E-state index in [1.165, 1.54) is 24.3 Å². The Balaban J connectivity index is 0.000000202. The normalized spacial score (nSPS) is 11.7. The molecule has 0 spiro atoms. The zero-order valence-corrected chi connectivity index (χ0v) is 19.1. The molecule has 1 unspecified atom stereocenters. The first kappa shape index (κ1) is 24.8. The molecular weight excluding hydrogens is 480 g/mol. The van der Waals surface area contributed by atoms with Crippen LogP contribution in [0.25, 0.3) is 22.3 Å². The van der Waals surface area contributed by atoms with Crippen LogP contribution in [0.15, 0.2) is 97.1 Å². The summed E-state index contributed by atoms with van der Waals surface area (Å²) in [4.78, 5) is 0. The average Bonchev–Trinajstić information content (AvgIpc) is 2.81. The number of benzene rings is 4. The second-order valence-corrected chi connectivity index (χ2v) is 10.3. The van der Waals surface area contributed by atoms with Gasteiger partial charge in [-0.05, 0) is 70.8 Å². The minimum atomic E-state index is -4.65. The summed E-state index contributed by atoms with van der Waals surface area (Å²) in [7, 11) is -8.00. The van der Waals surface area contributed by atoms with Crippen molar-refractivity contribution >= 4 is 19.3 Å². The zero-order chi connectivity index (χ0) is 24.7. The minimum Gasteiger partial charge on any atom is -0.757 e. The summed E-state index contributed by atoms with van der Waals surface area (Å²) in [5, 5.41) is 27.4. The molecule has 3 N–H and O–H groups in total. The fourth-order valence-corrected chi connectivity index (χ4v) is 3.61. The number of rotatable bonds is 5. The number of phenols is 3. The van der Waals surface area contributed by atoms with Gasteiger partial charge in [-0.15, -0.1) is 0 Å². The Morgan fingerprint density at radius 3 is 1.09 bits per heavy atom. The van der Waals surface area contributed by atoms with Crippen LogP contribution in [-0.4, -0.2) is 32.5 Å². The van der Waals surface area contributed by atoms with E-state index < -0.39 is 19.3 Å². The Hall–Kier alpha value is -3.86. The molecule has 0 saturated heterocycles. The Bertz CT molecular complexity index is 1310. The fourth-order valence-electron chi connectivity index (χ4n) is 2.81. The second kappa shape index (κ2) is 10.8. The number of aromatic hydroxyl groups is 3. The van der Waals surface area contributed by atoms with Gasteiger partial charge in [-0.25, -0.2) is 0 Å². The third-order valence-electron chi connectivity index (χ3n) is 4.49. The van der Waals surface area contributed by atoms with Crippen molar-refractivity contribution in [3.05, 3.63) is 97.1 Å². The van der Waals surface area contributed by atoms with Gasteiger partial charge in [-0.2, -0.15) is 8.42 Å². The van der Waals surface area contributed by atoms with E-state index in [-0.39, 0.29) is 23.0 Å². The summed E-state index contributed by atoms with van der Waals surface area (Å²) >= 11 is 0. The van der Waals surface area contributed by atoms with Crippen LogP contribution in [0.3, 0.4) is 0 Å². The van der Waals surface area contributed by atoms with Gasteiger partial charge in [0.2, 0.25) is 0 Å². The van der Waals surface area contributed by atoms with Gasteiger partial charge in [-0.3, -0.25) is 4.21 Å². The largest absolute Gasteiger partial charge is 0.757 e. The second-order valence-electron chi connectivity index (χ2n) is 6.86. The molecule has 0 aliphatic heterocycles. The Morgan fingerprint density at radius 1 is 0.559 bits per heavy atom. The molecule has 4 aromatic carbocycles.